The lowest BCUT2D eigenvalue weighted by atomic mass is 10.2. The number of nitrogens with zero attached hydrogens (tertiary/aromatic N) is 2. The zero-order valence-electron chi connectivity index (χ0n) is 7.14. The molecule has 0 saturated heterocycles. The molecule has 0 saturated carbocycles. The molecule has 2 aromatic rings. The van der Waals surface area contributed by atoms with Crippen LogP contribution in [0.4, 0.5) is 5.82 Å². The van der Waals surface area contributed by atoms with Crippen molar-refractivity contribution in [2.45, 2.75) is 0 Å². The summed E-state index contributed by atoms with van der Waals surface area (Å²) in [5.74, 6) is -0.635. The minimum absolute atomic E-state index is 0.143. The molecule has 0 atom stereocenters. The van der Waals surface area contributed by atoms with Crippen LogP contribution in [0, 0.1) is 0 Å². The summed E-state index contributed by atoms with van der Waals surface area (Å²) in [5.41, 5.74) is 6.05. The molecule has 2 aromatic heterocycles. The maximum atomic E-state index is 10.6. The number of hydrogen-bond donors (Lipinski definition) is 2. The molecule has 0 aliphatic heterocycles. The van der Waals surface area contributed by atoms with Gasteiger partial charge in [0.1, 0.15) is 5.82 Å². The number of aromatic carboxylic acids is 1. The summed E-state index contributed by atoms with van der Waals surface area (Å²) in [5, 5.41) is 9.38. The van der Waals surface area contributed by atoms with Gasteiger partial charge in [-0.1, -0.05) is 0 Å². The van der Waals surface area contributed by atoms with Gasteiger partial charge in [0.25, 0.3) is 0 Å². The zero-order valence-corrected chi connectivity index (χ0v) is 7.14. The summed E-state index contributed by atoms with van der Waals surface area (Å²) in [6.07, 6.45) is 1.26. The van der Waals surface area contributed by atoms with E-state index in [0.29, 0.717) is 16.9 Å². The molecule has 0 unspecified atom stereocenters. The average Bonchev–Trinajstić information content (AvgIpc) is 2.16. The molecule has 3 N–H and O–H groups in total. The van der Waals surface area contributed by atoms with E-state index in [-0.39, 0.29) is 5.56 Å². The van der Waals surface area contributed by atoms with Gasteiger partial charge in [-0.25, -0.2) is 14.8 Å². The molecule has 2 heterocycles. The van der Waals surface area contributed by atoms with E-state index < -0.39 is 5.97 Å². The molecule has 0 fully saturated rings. The van der Waals surface area contributed by atoms with Crippen LogP contribution in [0.2, 0.25) is 0 Å². The second-order valence-corrected chi connectivity index (χ2v) is 2.81. The second-order valence-electron chi connectivity index (χ2n) is 2.81. The first kappa shape index (κ1) is 8.43. The van der Waals surface area contributed by atoms with E-state index in [1.54, 1.807) is 12.1 Å². The van der Waals surface area contributed by atoms with Gasteiger partial charge in [0.2, 0.25) is 0 Å². The Morgan fingerprint density at radius 1 is 1.43 bits per heavy atom. The van der Waals surface area contributed by atoms with Gasteiger partial charge in [0, 0.05) is 11.6 Å². The van der Waals surface area contributed by atoms with Crippen molar-refractivity contribution in [3.8, 4) is 0 Å². The van der Waals surface area contributed by atoms with Gasteiger partial charge in [-0.3, -0.25) is 0 Å². The quantitative estimate of drug-likeness (QED) is 0.695. The molecule has 0 aromatic carbocycles. The first-order chi connectivity index (χ1) is 6.66. The van der Waals surface area contributed by atoms with Crippen molar-refractivity contribution in [1.82, 2.24) is 9.97 Å². The molecule has 14 heavy (non-hydrogen) atoms. The third kappa shape index (κ3) is 1.35. The Hall–Kier alpha value is -2.17. The fraction of sp³-hybridized carbons (Fsp3) is 0. The highest BCUT2D eigenvalue weighted by Crippen LogP contribution is 2.12. The van der Waals surface area contributed by atoms with Crippen molar-refractivity contribution in [2.75, 3.05) is 5.73 Å². The average molecular weight is 189 g/mol. The Bertz CT molecular complexity index is 510. The van der Waals surface area contributed by atoms with Crippen molar-refractivity contribution < 1.29 is 9.90 Å². The first-order valence-corrected chi connectivity index (χ1v) is 3.92. The fourth-order valence-electron chi connectivity index (χ4n) is 1.14. The van der Waals surface area contributed by atoms with E-state index in [9.17, 15) is 4.79 Å². The SMILES string of the molecule is Nc1ccc2cc(C(=O)O)cnc2n1. The van der Waals surface area contributed by atoms with Gasteiger partial charge < -0.3 is 10.8 Å². The predicted molar refractivity (Wildman–Crippen MR) is 50.9 cm³/mol. The largest absolute Gasteiger partial charge is 0.478 e. The lowest BCUT2D eigenvalue weighted by molar-refractivity contribution is 0.0696. The van der Waals surface area contributed by atoms with Crippen LogP contribution in [-0.4, -0.2) is 21.0 Å². The van der Waals surface area contributed by atoms with Crippen LogP contribution in [0.5, 0.6) is 0 Å². The smallest absolute Gasteiger partial charge is 0.337 e. The van der Waals surface area contributed by atoms with E-state index in [4.69, 9.17) is 10.8 Å². The minimum atomic E-state index is -1.00. The van der Waals surface area contributed by atoms with Crippen LogP contribution < -0.4 is 5.73 Å². The molecule has 5 heteroatoms. The summed E-state index contributed by atoms with van der Waals surface area (Å²) < 4.78 is 0. The number of carboxylic acid groups (broad SMARTS) is 1. The Kier molecular flexibility index (Phi) is 1.78. The number of anilines is 1. The molecule has 0 amide bonds. The molecule has 0 aliphatic carbocycles. The number of pyridine rings is 2. The van der Waals surface area contributed by atoms with Gasteiger partial charge in [0.05, 0.1) is 5.56 Å². The van der Waals surface area contributed by atoms with E-state index in [0.717, 1.165) is 0 Å². The van der Waals surface area contributed by atoms with Gasteiger partial charge in [-0.2, -0.15) is 0 Å². The highest BCUT2D eigenvalue weighted by Gasteiger charge is 2.04. The Balaban J connectivity index is 2.67. The van der Waals surface area contributed by atoms with E-state index in [1.807, 2.05) is 0 Å². The molecule has 70 valence electrons. The lowest BCUT2D eigenvalue weighted by Crippen LogP contribution is -1.98. The molecule has 0 aliphatic rings. The second kappa shape index (κ2) is 2.95. The van der Waals surface area contributed by atoms with Crippen LogP contribution >= 0.6 is 0 Å². The van der Waals surface area contributed by atoms with Gasteiger partial charge >= 0.3 is 5.97 Å². The van der Waals surface area contributed by atoms with Crippen LogP contribution in [-0.2, 0) is 0 Å². The number of carbonyl (C=O) groups is 1. The van der Waals surface area contributed by atoms with Crippen molar-refractivity contribution in [1.29, 1.82) is 0 Å². The number of hydrogen-bond acceptors (Lipinski definition) is 4. The molecular weight excluding hydrogens is 182 g/mol. The zero-order chi connectivity index (χ0) is 10.1. The Morgan fingerprint density at radius 2 is 2.21 bits per heavy atom. The predicted octanol–water partition coefficient (Wildman–Crippen LogP) is 0.910. The molecule has 0 radical (unpaired) electrons. The lowest BCUT2D eigenvalue weighted by Gasteiger charge is -1.98. The number of rotatable bonds is 1. The number of carboxylic acids is 1. The van der Waals surface area contributed by atoms with Crippen molar-refractivity contribution >= 4 is 22.8 Å². The van der Waals surface area contributed by atoms with Crippen molar-refractivity contribution in [3.05, 3.63) is 30.0 Å². The third-order valence-electron chi connectivity index (χ3n) is 1.81. The van der Waals surface area contributed by atoms with Gasteiger partial charge in [0.15, 0.2) is 5.65 Å². The van der Waals surface area contributed by atoms with E-state index in [1.165, 1.54) is 12.3 Å². The first-order valence-electron chi connectivity index (χ1n) is 3.92. The molecule has 0 bridgehead atoms. The minimum Gasteiger partial charge on any atom is -0.478 e. The normalized spacial score (nSPS) is 10.3. The molecule has 5 nitrogen and oxygen atoms in total. The summed E-state index contributed by atoms with van der Waals surface area (Å²) >= 11 is 0. The summed E-state index contributed by atoms with van der Waals surface area (Å²) in [6, 6.07) is 4.81. The molecule has 2 rings (SSSR count). The number of nitrogen functional groups attached to an aromatic ring is 1. The fourth-order valence-corrected chi connectivity index (χ4v) is 1.14. The Labute approximate surface area is 79.2 Å². The maximum absolute atomic E-state index is 10.6. The number of aromatic nitrogens is 2. The summed E-state index contributed by atoms with van der Waals surface area (Å²) in [7, 11) is 0. The monoisotopic (exact) mass is 189 g/mol. The van der Waals surface area contributed by atoms with E-state index >= 15 is 0 Å². The molecule has 0 spiro atoms. The third-order valence-corrected chi connectivity index (χ3v) is 1.81. The van der Waals surface area contributed by atoms with Crippen molar-refractivity contribution in [2.24, 2.45) is 0 Å². The van der Waals surface area contributed by atoms with Gasteiger partial charge in [-0.05, 0) is 18.2 Å². The van der Waals surface area contributed by atoms with Crippen LogP contribution in [0.3, 0.4) is 0 Å². The van der Waals surface area contributed by atoms with Crippen LogP contribution in [0.15, 0.2) is 24.4 Å². The number of fused-ring (bicyclic) bond motifs is 1. The van der Waals surface area contributed by atoms with Crippen LogP contribution in [0.25, 0.3) is 11.0 Å². The summed E-state index contributed by atoms with van der Waals surface area (Å²) in [4.78, 5) is 18.5. The summed E-state index contributed by atoms with van der Waals surface area (Å²) in [6.45, 7) is 0. The molecular formula is C9H7N3O2. The maximum Gasteiger partial charge on any atom is 0.337 e. The highest BCUT2D eigenvalue weighted by atomic mass is 16.4. The van der Waals surface area contributed by atoms with Crippen LogP contribution in [0.1, 0.15) is 10.4 Å². The standard InChI is InChI=1S/C9H7N3O2/c10-7-2-1-5-3-6(9(13)14)4-11-8(5)12-7/h1-4H,(H,13,14)(H2,10,11,12). The van der Waals surface area contributed by atoms with Gasteiger partial charge in [-0.15, -0.1) is 0 Å². The highest BCUT2D eigenvalue weighted by molar-refractivity contribution is 5.91. The number of nitrogens with two attached hydrogens (primary N) is 1. The topological polar surface area (TPSA) is 89.1 Å². The van der Waals surface area contributed by atoms with Crippen molar-refractivity contribution in [3.63, 3.8) is 0 Å². The Morgan fingerprint density at radius 3 is 2.93 bits per heavy atom. The van der Waals surface area contributed by atoms with E-state index in [2.05, 4.69) is 9.97 Å².